The van der Waals surface area contributed by atoms with Crippen LogP contribution in [0.25, 0.3) is 0 Å². The Balaban J connectivity index is 1.75. The zero-order valence-electron chi connectivity index (χ0n) is 14.6. The number of piperidine rings is 2. The average molecular weight is 344 g/mol. The monoisotopic (exact) mass is 344 g/mol. The largest absolute Gasteiger partial charge is 0.467 e. The van der Waals surface area contributed by atoms with Gasteiger partial charge >= 0.3 is 5.97 Å². The molecule has 1 aromatic carbocycles. The van der Waals surface area contributed by atoms with Crippen molar-refractivity contribution < 1.29 is 19.1 Å². The van der Waals surface area contributed by atoms with Crippen LogP contribution in [0.1, 0.15) is 48.9 Å². The Labute approximate surface area is 147 Å². The highest BCUT2D eigenvalue weighted by Gasteiger charge is 2.33. The molecule has 2 aliphatic heterocycles. The molecular formula is C19H24N2O4. The van der Waals surface area contributed by atoms with Gasteiger partial charge < -0.3 is 14.5 Å². The first kappa shape index (κ1) is 17.5. The molecule has 3 rings (SSSR count). The summed E-state index contributed by atoms with van der Waals surface area (Å²) in [6.07, 6.45) is 4.96. The van der Waals surface area contributed by atoms with Crippen molar-refractivity contribution in [3.05, 3.63) is 29.8 Å². The molecule has 0 bridgehead atoms. The number of hydrogen-bond acceptors (Lipinski definition) is 4. The molecule has 2 aliphatic rings. The first-order valence-electron chi connectivity index (χ1n) is 8.91. The van der Waals surface area contributed by atoms with Gasteiger partial charge in [0.15, 0.2) is 0 Å². The van der Waals surface area contributed by atoms with E-state index in [1.165, 1.54) is 7.11 Å². The highest BCUT2D eigenvalue weighted by atomic mass is 16.5. The third kappa shape index (κ3) is 3.67. The van der Waals surface area contributed by atoms with Gasteiger partial charge in [0.25, 0.3) is 5.91 Å². The number of carbonyl (C=O) groups excluding carboxylic acids is 3. The van der Waals surface area contributed by atoms with Crippen LogP contribution in [-0.4, -0.2) is 48.9 Å². The van der Waals surface area contributed by atoms with E-state index in [0.29, 0.717) is 24.9 Å². The molecule has 2 heterocycles. The summed E-state index contributed by atoms with van der Waals surface area (Å²) >= 11 is 0. The summed E-state index contributed by atoms with van der Waals surface area (Å²) in [6.45, 7) is 1.29. The molecule has 1 atom stereocenters. The van der Waals surface area contributed by atoms with E-state index in [1.807, 2.05) is 12.1 Å². The van der Waals surface area contributed by atoms with E-state index < -0.39 is 6.04 Å². The molecule has 25 heavy (non-hydrogen) atoms. The van der Waals surface area contributed by atoms with Gasteiger partial charge in [-0.15, -0.1) is 0 Å². The maximum atomic E-state index is 12.8. The lowest BCUT2D eigenvalue weighted by molar-refractivity contribution is -0.147. The number of ether oxygens (including phenoxy) is 1. The number of carbonyl (C=O) groups is 3. The van der Waals surface area contributed by atoms with Crippen molar-refractivity contribution in [3.63, 3.8) is 0 Å². The van der Waals surface area contributed by atoms with E-state index in [9.17, 15) is 14.4 Å². The van der Waals surface area contributed by atoms with Crippen molar-refractivity contribution in [1.82, 2.24) is 4.90 Å². The molecule has 0 aliphatic carbocycles. The lowest BCUT2D eigenvalue weighted by Gasteiger charge is -2.34. The van der Waals surface area contributed by atoms with Gasteiger partial charge in [0.05, 0.1) is 7.11 Å². The van der Waals surface area contributed by atoms with E-state index in [2.05, 4.69) is 0 Å². The first-order valence-corrected chi connectivity index (χ1v) is 8.91. The summed E-state index contributed by atoms with van der Waals surface area (Å²) in [4.78, 5) is 40.2. The summed E-state index contributed by atoms with van der Waals surface area (Å²) in [5, 5.41) is 0. The van der Waals surface area contributed by atoms with E-state index in [1.54, 1.807) is 21.9 Å². The van der Waals surface area contributed by atoms with Gasteiger partial charge in [-0.3, -0.25) is 9.59 Å². The molecule has 0 radical (unpaired) electrons. The predicted octanol–water partition coefficient (Wildman–Crippen LogP) is 2.37. The van der Waals surface area contributed by atoms with Crippen LogP contribution in [-0.2, 0) is 14.3 Å². The number of rotatable bonds is 3. The van der Waals surface area contributed by atoms with Gasteiger partial charge in [-0.2, -0.15) is 0 Å². The Morgan fingerprint density at radius 3 is 2.44 bits per heavy atom. The van der Waals surface area contributed by atoms with Crippen LogP contribution >= 0.6 is 0 Å². The quantitative estimate of drug-likeness (QED) is 0.790. The molecule has 1 unspecified atom stereocenters. The second-order valence-electron chi connectivity index (χ2n) is 6.58. The lowest BCUT2D eigenvalue weighted by Crippen LogP contribution is -2.48. The van der Waals surface area contributed by atoms with Crippen molar-refractivity contribution in [3.8, 4) is 0 Å². The normalized spacial score (nSPS) is 21.2. The van der Waals surface area contributed by atoms with E-state index >= 15 is 0 Å². The van der Waals surface area contributed by atoms with Crippen LogP contribution in [0.2, 0.25) is 0 Å². The molecular weight excluding hydrogens is 320 g/mol. The average Bonchev–Trinajstić information content (AvgIpc) is 2.67. The zero-order valence-corrected chi connectivity index (χ0v) is 14.6. The standard InChI is InChI=1S/C19H24N2O4/c1-25-19(24)16-6-2-4-13-21(16)18(23)14-8-10-15(11-9-14)20-12-5-3-7-17(20)22/h8-11,16H,2-7,12-13H2,1H3. The molecule has 0 N–H and O–H groups in total. The number of esters is 1. The number of benzene rings is 1. The van der Waals surface area contributed by atoms with E-state index in [4.69, 9.17) is 4.74 Å². The fourth-order valence-electron chi connectivity index (χ4n) is 3.58. The van der Waals surface area contributed by atoms with Crippen molar-refractivity contribution >= 4 is 23.5 Å². The minimum atomic E-state index is -0.505. The first-order chi connectivity index (χ1) is 12.1. The Kier molecular flexibility index (Phi) is 5.36. The number of anilines is 1. The molecule has 0 spiro atoms. The topological polar surface area (TPSA) is 66.9 Å². The molecule has 0 aromatic heterocycles. The fraction of sp³-hybridized carbons (Fsp3) is 0.526. The maximum Gasteiger partial charge on any atom is 0.328 e. The van der Waals surface area contributed by atoms with Crippen LogP contribution in [0.15, 0.2) is 24.3 Å². The van der Waals surface area contributed by atoms with Gasteiger partial charge in [-0.05, 0) is 56.4 Å². The lowest BCUT2D eigenvalue weighted by atomic mass is 10.0. The van der Waals surface area contributed by atoms with Crippen LogP contribution in [0.3, 0.4) is 0 Å². The highest BCUT2D eigenvalue weighted by molar-refractivity contribution is 5.98. The summed E-state index contributed by atoms with van der Waals surface area (Å²) in [6, 6.07) is 6.60. The van der Waals surface area contributed by atoms with Crippen LogP contribution in [0.5, 0.6) is 0 Å². The maximum absolute atomic E-state index is 12.8. The second-order valence-corrected chi connectivity index (χ2v) is 6.58. The van der Waals surface area contributed by atoms with E-state index in [0.717, 1.165) is 37.9 Å². The molecule has 2 saturated heterocycles. The number of amides is 2. The fourth-order valence-corrected chi connectivity index (χ4v) is 3.58. The summed E-state index contributed by atoms with van der Waals surface area (Å²) in [5.41, 5.74) is 1.36. The second kappa shape index (κ2) is 7.68. The van der Waals surface area contributed by atoms with Gasteiger partial charge in [-0.25, -0.2) is 4.79 Å². The minimum absolute atomic E-state index is 0.132. The van der Waals surface area contributed by atoms with Gasteiger partial charge in [0, 0.05) is 30.8 Å². The minimum Gasteiger partial charge on any atom is -0.467 e. The zero-order chi connectivity index (χ0) is 17.8. The summed E-state index contributed by atoms with van der Waals surface area (Å²) < 4.78 is 4.84. The number of hydrogen-bond donors (Lipinski definition) is 0. The van der Waals surface area contributed by atoms with Crippen molar-refractivity contribution in [2.45, 2.75) is 44.6 Å². The Morgan fingerprint density at radius 1 is 1.04 bits per heavy atom. The number of nitrogens with zero attached hydrogens (tertiary/aromatic N) is 2. The van der Waals surface area contributed by atoms with Crippen LogP contribution in [0.4, 0.5) is 5.69 Å². The van der Waals surface area contributed by atoms with Gasteiger partial charge in [0.1, 0.15) is 6.04 Å². The Morgan fingerprint density at radius 2 is 1.76 bits per heavy atom. The van der Waals surface area contributed by atoms with Crippen LogP contribution < -0.4 is 4.90 Å². The van der Waals surface area contributed by atoms with Crippen molar-refractivity contribution in [1.29, 1.82) is 0 Å². The van der Waals surface area contributed by atoms with E-state index in [-0.39, 0.29) is 17.8 Å². The smallest absolute Gasteiger partial charge is 0.328 e. The summed E-state index contributed by atoms with van der Waals surface area (Å²) in [5.74, 6) is -0.387. The predicted molar refractivity (Wildman–Crippen MR) is 93.3 cm³/mol. The molecule has 6 nitrogen and oxygen atoms in total. The molecule has 2 amide bonds. The Hall–Kier alpha value is -2.37. The van der Waals surface area contributed by atoms with Crippen LogP contribution in [0, 0.1) is 0 Å². The highest BCUT2D eigenvalue weighted by Crippen LogP contribution is 2.24. The molecule has 0 saturated carbocycles. The third-order valence-corrected chi connectivity index (χ3v) is 4.99. The van der Waals surface area contributed by atoms with Crippen molar-refractivity contribution in [2.75, 3.05) is 25.1 Å². The summed E-state index contributed by atoms with van der Waals surface area (Å²) in [7, 11) is 1.35. The third-order valence-electron chi connectivity index (χ3n) is 4.99. The molecule has 1 aromatic rings. The SMILES string of the molecule is COC(=O)C1CCCCN1C(=O)c1ccc(N2CCCCC2=O)cc1. The Bertz CT molecular complexity index is 656. The molecule has 6 heteroatoms. The van der Waals surface area contributed by atoms with Gasteiger partial charge in [-0.1, -0.05) is 0 Å². The molecule has 134 valence electrons. The van der Waals surface area contributed by atoms with Gasteiger partial charge in [0.2, 0.25) is 5.91 Å². The molecule has 2 fully saturated rings. The number of likely N-dealkylation sites (tertiary alicyclic amines) is 1. The number of methoxy groups -OCH3 is 1. The van der Waals surface area contributed by atoms with Crippen molar-refractivity contribution in [2.24, 2.45) is 0 Å².